The van der Waals surface area contributed by atoms with E-state index in [1.165, 1.54) is 0 Å². The molecule has 1 aliphatic rings. The van der Waals surface area contributed by atoms with E-state index in [4.69, 9.17) is 21.4 Å². The highest BCUT2D eigenvalue weighted by Crippen LogP contribution is 2.40. The van der Waals surface area contributed by atoms with Gasteiger partial charge in [0.1, 0.15) is 24.4 Å². The highest BCUT2D eigenvalue weighted by Gasteiger charge is 2.54. The summed E-state index contributed by atoms with van der Waals surface area (Å²) in [5.41, 5.74) is -0.585. The second-order valence-electron chi connectivity index (χ2n) is 4.88. The summed E-state index contributed by atoms with van der Waals surface area (Å²) in [7, 11) is 0. The average Bonchev–Trinajstić information content (AvgIpc) is 2.48. The van der Waals surface area contributed by atoms with Gasteiger partial charge >= 0.3 is 0 Å². The number of hydrogen-bond acceptors (Lipinski definition) is 8. The fourth-order valence-electron chi connectivity index (χ4n) is 2.28. The molecule has 122 valence electrons. The van der Waals surface area contributed by atoms with Crippen LogP contribution in [0.2, 0.25) is 5.02 Å². The Kier molecular flexibility index (Phi) is 4.68. The lowest BCUT2D eigenvalue weighted by molar-refractivity contribution is -0.385. The summed E-state index contributed by atoms with van der Waals surface area (Å²) in [6, 6.07) is 3.03. The van der Waals surface area contributed by atoms with Gasteiger partial charge in [-0.05, 0) is 6.07 Å². The van der Waals surface area contributed by atoms with Crippen molar-refractivity contribution in [3.8, 4) is 0 Å². The lowest BCUT2D eigenvalue weighted by Crippen LogP contribution is -2.63. The summed E-state index contributed by atoms with van der Waals surface area (Å²) in [6.45, 7) is -0.738. The van der Waals surface area contributed by atoms with Gasteiger partial charge in [0, 0.05) is 17.7 Å². The average molecular weight is 336 g/mol. The van der Waals surface area contributed by atoms with E-state index in [1.54, 1.807) is 0 Å². The van der Waals surface area contributed by atoms with E-state index in [2.05, 4.69) is 0 Å². The van der Waals surface area contributed by atoms with Crippen LogP contribution in [-0.2, 0) is 10.5 Å². The van der Waals surface area contributed by atoms with Gasteiger partial charge in [-0.1, -0.05) is 11.6 Å². The maximum absolute atomic E-state index is 10.7. The molecule has 0 spiro atoms. The first-order chi connectivity index (χ1) is 10.2. The Hall–Kier alpha value is -1.33. The van der Waals surface area contributed by atoms with Gasteiger partial charge < -0.3 is 30.3 Å². The normalized spacial score (nSPS) is 35.4. The van der Waals surface area contributed by atoms with E-state index < -0.39 is 41.7 Å². The van der Waals surface area contributed by atoms with Crippen LogP contribution in [0.3, 0.4) is 0 Å². The first-order valence-corrected chi connectivity index (χ1v) is 6.59. The van der Waals surface area contributed by atoms with Crippen LogP contribution in [0, 0.1) is 10.1 Å². The summed E-state index contributed by atoms with van der Waals surface area (Å²) in [6.07, 6.45) is -6.81. The van der Waals surface area contributed by atoms with Crippen molar-refractivity contribution < 1.29 is 35.2 Å². The molecule has 2 rings (SSSR count). The summed E-state index contributed by atoms with van der Waals surface area (Å²) in [4.78, 5) is 9.97. The zero-order chi connectivity index (χ0) is 16.7. The maximum Gasteiger partial charge on any atom is 0.270 e. The minimum absolute atomic E-state index is 0.239. The van der Waals surface area contributed by atoms with Gasteiger partial charge in [-0.25, -0.2) is 0 Å². The first-order valence-electron chi connectivity index (χ1n) is 6.22. The van der Waals surface area contributed by atoms with Crippen molar-refractivity contribution in [1.29, 1.82) is 0 Å². The fraction of sp³-hybridized carbons (Fsp3) is 0.500. The van der Waals surface area contributed by atoms with Gasteiger partial charge in [0.25, 0.3) is 5.69 Å². The highest BCUT2D eigenvalue weighted by atomic mass is 35.5. The molecule has 9 nitrogen and oxygen atoms in total. The first kappa shape index (κ1) is 17.0. The molecular formula is C12H14ClNO8. The SMILES string of the molecule is O=[N+]([O-])c1ccc([C@@]2(O)O[C@H](CO)[C@@H](O)[C@H](O)[C@H]2O)c(Cl)c1. The molecule has 1 aliphatic heterocycles. The lowest BCUT2D eigenvalue weighted by atomic mass is 9.88. The molecule has 1 saturated heterocycles. The molecule has 1 aromatic carbocycles. The zero-order valence-corrected chi connectivity index (χ0v) is 11.8. The van der Waals surface area contributed by atoms with Crippen LogP contribution in [0.25, 0.3) is 0 Å². The summed E-state index contributed by atoms with van der Waals surface area (Å²) in [5, 5.41) is 59.4. The third-order valence-corrected chi connectivity index (χ3v) is 3.83. The largest absolute Gasteiger partial charge is 0.394 e. The van der Waals surface area contributed by atoms with Crippen LogP contribution in [0.15, 0.2) is 18.2 Å². The minimum atomic E-state index is -2.54. The number of aliphatic hydroxyl groups excluding tert-OH is 4. The number of nitrogens with zero attached hydrogens (tertiary/aromatic N) is 1. The Balaban J connectivity index is 2.46. The predicted molar refractivity (Wildman–Crippen MR) is 72.0 cm³/mol. The smallest absolute Gasteiger partial charge is 0.270 e. The zero-order valence-electron chi connectivity index (χ0n) is 11.0. The molecule has 1 heterocycles. The fourth-order valence-corrected chi connectivity index (χ4v) is 2.59. The number of rotatable bonds is 3. The topological polar surface area (TPSA) is 154 Å². The molecule has 22 heavy (non-hydrogen) atoms. The van der Waals surface area contributed by atoms with Crippen molar-refractivity contribution in [2.75, 3.05) is 6.61 Å². The van der Waals surface area contributed by atoms with E-state index in [0.29, 0.717) is 0 Å². The molecule has 5 N–H and O–H groups in total. The summed E-state index contributed by atoms with van der Waals surface area (Å²) in [5.74, 6) is -2.54. The van der Waals surface area contributed by atoms with Crippen LogP contribution >= 0.6 is 11.6 Å². The molecule has 0 amide bonds. The number of nitro benzene ring substituents is 1. The standard InChI is InChI=1S/C12H14ClNO8/c13-7-3-5(14(20)21)1-2-6(7)12(19)11(18)10(17)9(16)8(4-15)22-12/h1-3,8-11,15-19H,4H2/t8-,9-,10+,11-,12-/m1/s1. The number of halogens is 1. The summed E-state index contributed by atoms with van der Waals surface area (Å²) >= 11 is 5.87. The third kappa shape index (κ3) is 2.68. The van der Waals surface area contributed by atoms with E-state index in [-0.39, 0.29) is 16.3 Å². The molecule has 5 atom stereocenters. The van der Waals surface area contributed by atoms with Crippen LogP contribution < -0.4 is 0 Å². The Morgan fingerprint density at radius 1 is 1.32 bits per heavy atom. The number of non-ortho nitro benzene ring substituents is 1. The van der Waals surface area contributed by atoms with Crippen molar-refractivity contribution in [3.63, 3.8) is 0 Å². The lowest BCUT2D eigenvalue weighted by Gasteiger charge is -2.45. The van der Waals surface area contributed by atoms with Gasteiger partial charge in [-0.2, -0.15) is 0 Å². The monoisotopic (exact) mass is 335 g/mol. The third-order valence-electron chi connectivity index (χ3n) is 3.52. The van der Waals surface area contributed by atoms with E-state index in [1.807, 2.05) is 0 Å². The van der Waals surface area contributed by atoms with Crippen molar-refractivity contribution in [2.24, 2.45) is 0 Å². The second kappa shape index (κ2) is 6.05. The quantitative estimate of drug-likeness (QED) is 0.343. The van der Waals surface area contributed by atoms with Crippen molar-refractivity contribution >= 4 is 17.3 Å². The van der Waals surface area contributed by atoms with E-state index in [9.17, 15) is 30.5 Å². The number of ether oxygens (including phenoxy) is 1. The van der Waals surface area contributed by atoms with Gasteiger partial charge in [-0.3, -0.25) is 10.1 Å². The molecule has 1 fully saturated rings. The van der Waals surface area contributed by atoms with Gasteiger partial charge in [0.15, 0.2) is 0 Å². The van der Waals surface area contributed by atoms with Gasteiger partial charge in [0.05, 0.1) is 16.6 Å². The molecule has 0 bridgehead atoms. The molecule has 0 aliphatic carbocycles. The van der Waals surface area contributed by atoms with Crippen molar-refractivity contribution in [1.82, 2.24) is 0 Å². The van der Waals surface area contributed by atoms with Crippen LogP contribution in [-0.4, -0.2) is 61.5 Å². The number of aliphatic hydroxyl groups is 5. The molecule has 0 unspecified atom stereocenters. The Bertz CT molecular complexity index is 582. The molecule has 0 aromatic heterocycles. The number of benzene rings is 1. The van der Waals surface area contributed by atoms with Gasteiger partial charge in [0.2, 0.25) is 5.79 Å². The summed E-state index contributed by atoms with van der Waals surface area (Å²) < 4.78 is 5.08. The van der Waals surface area contributed by atoms with E-state index in [0.717, 1.165) is 18.2 Å². The Morgan fingerprint density at radius 2 is 1.95 bits per heavy atom. The van der Waals surface area contributed by atoms with Gasteiger partial charge in [-0.15, -0.1) is 0 Å². The number of hydrogen-bond donors (Lipinski definition) is 5. The van der Waals surface area contributed by atoms with Crippen LogP contribution in [0.5, 0.6) is 0 Å². The second-order valence-corrected chi connectivity index (χ2v) is 5.29. The molecule has 1 aromatic rings. The Labute approximate surface area is 129 Å². The molecule has 10 heteroatoms. The van der Waals surface area contributed by atoms with Crippen LogP contribution in [0.1, 0.15) is 5.56 Å². The van der Waals surface area contributed by atoms with Crippen molar-refractivity contribution in [2.45, 2.75) is 30.2 Å². The number of nitro groups is 1. The highest BCUT2D eigenvalue weighted by molar-refractivity contribution is 6.31. The molecular weight excluding hydrogens is 322 g/mol. The molecule has 0 saturated carbocycles. The predicted octanol–water partition coefficient (Wildman–Crippen LogP) is -1.13. The van der Waals surface area contributed by atoms with Crippen LogP contribution in [0.4, 0.5) is 5.69 Å². The Morgan fingerprint density at radius 3 is 2.45 bits per heavy atom. The maximum atomic E-state index is 10.7. The minimum Gasteiger partial charge on any atom is -0.394 e. The molecule has 0 radical (unpaired) electrons. The van der Waals surface area contributed by atoms with Crippen molar-refractivity contribution in [3.05, 3.63) is 38.9 Å². The van der Waals surface area contributed by atoms with E-state index >= 15 is 0 Å².